The van der Waals surface area contributed by atoms with Gasteiger partial charge in [0.2, 0.25) is 0 Å². The molecule has 1 aliphatic carbocycles. The first-order chi connectivity index (χ1) is 10.7. The largest absolute Gasteiger partial charge is 0.474 e. The lowest BCUT2D eigenvalue weighted by Crippen LogP contribution is -2.38. The first-order valence-corrected chi connectivity index (χ1v) is 9.44. The molecule has 7 nitrogen and oxygen atoms in total. The highest BCUT2D eigenvalue weighted by atomic mass is 31.2. The minimum Gasteiger partial charge on any atom is -0.379 e. The van der Waals surface area contributed by atoms with E-state index >= 15 is 0 Å². The third-order valence-corrected chi connectivity index (χ3v) is 5.67. The van der Waals surface area contributed by atoms with Gasteiger partial charge < -0.3 is 9.47 Å². The molecule has 0 amide bonds. The van der Waals surface area contributed by atoms with Crippen LogP contribution in [0, 0.1) is 0 Å². The molecule has 1 saturated carbocycles. The van der Waals surface area contributed by atoms with E-state index < -0.39 is 7.82 Å². The summed E-state index contributed by atoms with van der Waals surface area (Å²) in [4.78, 5) is 2.21. The number of phosphoric ester groups is 1. The maximum atomic E-state index is 12.6. The maximum Gasteiger partial charge on any atom is 0.474 e. The van der Waals surface area contributed by atoms with E-state index in [1.165, 1.54) is 7.11 Å². The SMILES string of the molecule is COC1CCCCC1OP(=O)(OC)OCCN1CCOCC1. The highest BCUT2D eigenvalue weighted by molar-refractivity contribution is 7.48. The van der Waals surface area contributed by atoms with Crippen LogP contribution in [0.2, 0.25) is 0 Å². The number of phosphoric acid groups is 1. The van der Waals surface area contributed by atoms with E-state index in [4.69, 9.17) is 23.0 Å². The van der Waals surface area contributed by atoms with Crippen LogP contribution in [0.15, 0.2) is 0 Å². The topological polar surface area (TPSA) is 66.5 Å². The first kappa shape index (κ1) is 18.3. The van der Waals surface area contributed by atoms with Crippen molar-refractivity contribution in [3.8, 4) is 0 Å². The normalized spacial score (nSPS) is 30.1. The van der Waals surface area contributed by atoms with Crippen molar-refractivity contribution >= 4 is 7.82 Å². The zero-order valence-electron chi connectivity index (χ0n) is 13.6. The Kier molecular flexibility index (Phi) is 7.77. The molecule has 1 saturated heterocycles. The molecule has 130 valence electrons. The molecule has 2 aliphatic rings. The van der Waals surface area contributed by atoms with Gasteiger partial charge in [-0.05, 0) is 12.8 Å². The Hall–Kier alpha value is -0.0100. The number of ether oxygens (including phenoxy) is 2. The third-order valence-electron chi connectivity index (χ3n) is 4.19. The average molecular weight is 337 g/mol. The summed E-state index contributed by atoms with van der Waals surface area (Å²) >= 11 is 0. The second kappa shape index (κ2) is 9.33. The van der Waals surface area contributed by atoms with Gasteiger partial charge in [-0.2, -0.15) is 0 Å². The molecule has 0 aromatic rings. The summed E-state index contributed by atoms with van der Waals surface area (Å²) in [6.07, 6.45) is 3.61. The highest BCUT2D eigenvalue weighted by Crippen LogP contribution is 2.51. The van der Waals surface area contributed by atoms with Crippen LogP contribution in [0.25, 0.3) is 0 Å². The molecule has 0 bridgehead atoms. The van der Waals surface area contributed by atoms with Crippen molar-refractivity contribution in [2.45, 2.75) is 37.9 Å². The molecule has 1 aliphatic heterocycles. The Morgan fingerprint density at radius 1 is 1.14 bits per heavy atom. The van der Waals surface area contributed by atoms with E-state index in [0.29, 0.717) is 13.2 Å². The van der Waals surface area contributed by atoms with Crippen LogP contribution in [-0.2, 0) is 27.6 Å². The predicted molar refractivity (Wildman–Crippen MR) is 82.0 cm³/mol. The number of nitrogens with zero attached hydrogens (tertiary/aromatic N) is 1. The lowest BCUT2D eigenvalue weighted by atomic mass is 9.95. The smallest absolute Gasteiger partial charge is 0.379 e. The molecule has 2 fully saturated rings. The Bertz CT molecular complexity index is 363. The van der Waals surface area contributed by atoms with Gasteiger partial charge in [0.05, 0.1) is 32.0 Å². The van der Waals surface area contributed by atoms with Crippen LogP contribution >= 0.6 is 7.82 Å². The number of rotatable bonds is 8. The number of hydrogen-bond donors (Lipinski definition) is 0. The standard InChI is InChI=1S/C14H28NO6P/c1-17-13-5-3-4-6-14(13)21-22(16,18-2)20-12-9-15-7-10-19-11-8-15/h13-14H,3-12H2,1-2H3. The second-order valence-corrected chi connectivity index (χ2v) is 7.35. The zero-order valence-corrected chi connectivity index (χ0v) is 14.5. The van der Waals surface area contributed by atoms with E-state index in [0.717, 1.165) is 52.0 Å². The minimum atomic E-state index is -3.52. The van der Waals surface area contributed by atoms with E-state index in [2.05, 4.69) is 4.90 Å². The monoisotopic (exact) mass is 337 g/mol. The molecule has 3 unspecified atom stereocenters. The highest BCUT2D eigenvalue weighted by Gasteiger charge is 2.35. The molecule has 22 heavy (non-hydrogen) atoms. The lowest BCUT2D eigenvalue weighted by molar-refractivity contribution is -0.0415. The summed E-state index contributed by atoms with van der Waals surface area (Å²) in [5.74, 6) is 0. The van der Waals surface area contributed by atoms with Crippen molar-refractivity contribution in [3.63, 3.8) is 0 Å². The quantitative estimate of drug-likeness (QED) is 0.628. The summed E-state index contributed by atoms with van der Waals surface area (Å²) in [7, 11) is -0.507. The van der Waals surface area contributed by atoms with Crippen molar-refractivity contribution in [2.24, 2.45) is 0 Å². The third kappa shape index (κ3) is 5.57. The van der Waals surface area contributed by atoms with Gasteiger partial charge in [0, 0.05) is 33.9 Å². The average Bonchev–Trinajstić information content (AvgIpc) is 2.56. The van der Waals surface area contributed by atoms with Crippen molar-refractivity contribution < 1.29 is 27.6 Å². The molecule has 0 aromatic heterocycles. The van der Waals surface area contributed by atoms with Gasteiger partial charge in [-0.1, -0.05) is 12.8 Å². The minimum absolute atomic E-state index is 0.0416. The molecule has 3 atom stereocenters. The molecular weight excluding hydrogens is 309 g/mol. The second-order valence-electron chi connectivity index (χ2n) is 5.62. The first-order valence-electron chi connectivity index (χ1n) is 7.98. The van der Waals surface area contributed by atoms with Gasteiger partial charge in [-0.15, -0.1) is 0 Å². The maximum absolute atomic E-state index is 12.6. The van der Waals surface area contributed by atoms with Gasteiger partial charge in [-0.25, -0.2) is 4.57 Å². The van der Waals surface area contributed by atoms with Crippen LogP contribution in [0.5, 0.6) is 0 Å². The molecule has 0 N–H and O–H groups in total. The van der Waals surface area contributed by atoms with Gasteiger partial charge >= 0.3 is 7.82 Å². The Labute approximate surface area is 132 Å². The van der Waals surface area contributed by atoms with Crippen LogP contribution in [-0.4, -0.2) is 70.8 Å². The molecular formula is C14H28NO6P. The summed E-state index contributed by atoms with van der Waals surface area (Å²) in [6.45, 7) is 4.21. The Morgan fingerprint density at radius 2 is 1.82 bits per heavy atom. The summed E-state index contributed by atoms with van der Waals surface area (Å²) < 4.78 is 39.4. The Balaban J connectivity index is 1.78. The van der Waals surface area contributed by atoms with Crippen molar-refractivity contribution in [2.75, 3.05) is 53.7 Å². The number of morpholine rings is 1. The van der Waals surface area contributed by atoms with E-state index in [9.17, 15) is 4.57 Å². The van der Waals surface area contributed by atoms with Crippen LogP contribution in [0.3, 0.4) is 0 Å². The van der Waals surface area contributed by atoms with Gasteiger partial charge in [0.1, 0.15) is 0 Å². The van der Waals surface area contributed by atoms with E-state index in [1.54, 1.807) is 7.11 Å². The van der Waals surface area contributed by atoms with E-state index in [-0.39, 0.29) is 12.2 Å². The molecule has 0 radical (unpaired) electrons. The fraction of sp³-hybridized carbons (Fsp3) is 1.00. The van der Waals surface area contributed by atoms with Crippen LogP contribution < -0.4 is 0 Å². The fourth-order valence-corrected chi connectivity index (χ4v) is 3.98. The lowest BCUT2D eigenvalue weighted by Gasteiger charge is -2.32. The molecule has 0 aromatic carbocycles. The summed E-state index contributed by atoms with van der Waals surface area (Å²) in [5.41, 5.74) is 0. The van der Waals surface area contributed by atoms with Crippen molar-refractivity contribution in [1.29, 1.82) is 0 Å². The Morgan fingerprint density at radius 3 is 2.45 bits per heavy atom. The van der Waals surface area contributed by atoms with E-state index in [1.807, 2.05) is 0 Å². The summed E-state index contributed by atoms with van der Waals surface area (Å²) in [5, 5.41) is 0. The fourth-order valence-electron chi connectivity index (χ4n) is 2.85. The zero-order chi connectivity index (χ0) is 15.8. The van der Waals surface area contributed by atoms with Gasteiger partial charge in [0.15, 0.2) is 0 Å². The summed E-state index contributed by atoms with van der Waals surface area (Å²) in [6, 6.07) is 0. The molecule has 0 spiro atoms. The van der Waals surface area contributed by atoms with Crippen molar-refractivity contribution in [1.82, 2.24) is 4.90 Å². The molecule has 1 heterocycles. The van der Waals surface area contributed by atoms with Crippen molar-refractivity contribution in [3.05, 3.63) is 0 Å². The predicted octanol–water partition coefficient (Wildman–Crippen LogP) is 2.06. The molecule has 2 rings (SSSR count). The van der Waals surface area contributed by atoms with Crippen LogP contribution in [0.1, 0.15) is 25.7 Å². The van der Waals surface area contributed by atoms with Crippen LogP contribution in [0.4, 0.5) is 0 Å². The molecule has 8 heteroatoms. The van der Waals surface area contributed by atoms with Gasteiger partial charge in [-0.3, -0.25) is 18.5 Å². The van der Waals surface area contributed by atoms with Gasteiger partial charge in [0.25, 0.3) is 0 Å². The number of methoxy groups -OCH3 is 1. The number of hydrogen-bond acceptors (Lipinski definition) is 7.